The molecule has 0 heterocycles. The third-order valence-corrected chi connectivity index (χ3v) is 0.957. The summed E-state index contributed by atoms with van der Waals surface area (Å²) in [7, 11) is 2.06. The minimum absolute atomic E-state index is 0.556. The number of hydrogen-bond donors (Lipinski definition) is 0. The molecule has 0 fully saturated rings. The molecule has 0 bridgehead atoms. The largest absolute Gasteiger partial charge is 0.0774 e. The Hall–Kier alpha value is 0.434. The highest BCUT2D eigenvalue weighted by molar-refractivity contribution is 6.88. The third kappa shape index (κ3) is 29.6. The summed E-state index contributed by atoms with van der Waals surface area (Å²) in [5.74, 6) is 0. The maximum absolute atomic E-state index is 2.33. The second-order valence-corrected chi connectivity index (χ2v) is 8.07. The molecule has 0 spiro atoms. The van der Waals surface area contributed by atoms with Gasteiger partial charge in [-0.2, -0.15) is 0 Å². The Bertz CT molecular complexity index is 26.1. The summed E-state index contributed by atoms with van der Waals surface area (Å²) in [4.78, 5) is 0. The van der Waals surface area contributed by atoms with E-state index in [4.69, 9.17) is 0 Å². The summed E-state index contributed by atoms with van der Waals surface area (Å²) in [5.41, 5.74) is 0. The number of unbranched alkanes of at least 4 members (excludes halogenated alkanes) is 3. The molecular weight excluding hydrogens is 140 g/mol. The molecule has 0 aromatic rings. The molecule has 0 amide bonds. The molecule has 0 atom stereocenters. The highest BCUT2D eigenvalue weighted by atomic mass is 29.1. The highest BCUT2D eigenvalue weighted by Crippen LogP contribution is 1.95. The van der Waals surface area contributed by atoms with Crippen molar-refractivity contribution in [1.29, 1.82) is 0 Å². The standard InChI is InChI=1S/C6H14.CH8Si2/c1-3-5-6-4-2;1-3-2/h3-6H2,1-2H3;3H2,1-2H3. The van der Waals surface area contributed by atoms with Crippen LogP contribution in [0.2, 0.25) is 6.55 Å². The van der Waals surface area contributed by atoms with Crippen LogP contribution in [-0.4, -0.2) is 18.8 Å². The van der Waals surface area contributed by atoms with Crippen LogP contribution in [0.4, 0.5) is 0 Å². The van der Waals surface area contributed by atoms with E-state index in [9.17, 15) is 0 Å². The molecule has 0 aliphatic carbocycles. The van der Waals surface area contributed by atoms with Gasteiger partial charge in [-0.25, -0.2) is 0 Å². The van der Waals surface area contributed by atoms with E-state index in [1.165, 1.54) is 35.4 Å². The Morgan fingerprint density at radius 2 is 1.33 bits per heavy atom. The van der Waals surface area contributed by atoms with Crippen LogP contribution in [0.15, 0.2) is 0 Å². The Morgan fingerprint density at radius 1 is 1.11 bits per heavy atom. The average molecular weight is 162 g/mol. The SMILES string of the molecule is CCCCCC.C[SiH2][SiH3]. The molecule has 0 N–H and O–H groups in total. The molecule has 58 valence electrons. The van der Waals surface area contributed by atoms with Crippen molar-refractivity contribution < 1.29 is 0 Å². The summed E-state index contributed by atoms with van der Waals surface area (Å²) in [6.07, 6.45) is 5.54. The van der Waals surface area contributed by atoms with Gasteiger partial charge in [0.15, 0.2) is 0 Å². The number of rotatable bonds is 3. The summed E-state index contributed by atoms with van der Waals surface area (Å²) in [6, 6.07) is 0. The lowest BCUT2D eigenvalue weighted by atomic mass is 10.2. The van der Waals surface area contributed by atoms with E-state index in [0.29, 0.717) is 9.04 Å². The van der Waals surface area contributed by atoms with Crippen LogP contribution in [0.5, 0.6) is 0 Å². The van der Waals surface area contributed by atoms with E-state index in [2.05, 4.69) is 20.4 Å². The van der Waals surface area contributed by atoms with Crippen LogP contribution < -0.4 is 0 Å². The van der Waals surface area contributed by atoms with Crippen LogP contribution in [0.3, 0.4) is 0 Å². The zero-order valence-electron chi connectivity index (χ0n) is 7.54. The van der Waals surface area contributed by atoms with E-state index in [-0.39, 0.29) is 0 Å². The first-order chi connectivity index (χ1) is 4.33. The highest BCUT2D eigenvalue weighted by Gasteiger charge is 1.75. The molecule has 0 saturated carbocycles. The van der Waals surface area contributed by atoms with E-state index >= 15 is 0 Å². The Balaban J connectivity index is 0. The third-order valence-electron chi connectivity index (χ3n) is 0.957. The van der Waals surface area contributed by atoms with Gasteiger partial charge in [-0.15, -0.1) is 0 Å². The van der Waals surface area contributed by atoms with Gasteiger partial charge in [0.25, 0.3) is 0 Å². The molecule has 0 aromatic heterocycles. The van der Waals surface area contributed by atoms with Gasteiger partial charge >= 0.3 is 0 Å². The predicted octanol–water partition coefficient (Wildman–Crippen LogP) is 1.07. The van der Waals surface area contributed by atoms with Crippen molar-refractivity contribution in [3.05, 3.63) is 0 Å². The van der Waals surface area contributed by atoms with Crippen molar-refractivity contribution in [2.45, 2.75) is 46.1 Å². The molecule has 0 aliphatic rings. The van der Waals surface area contributed by atoms with E-state index in [0.717, 1.165) is 0 Å². The topological polar surface area (TPSA) is 0 Å². The summed E-state index contributed by atoms with van der Waals surface area (Å²) >= 11 is 0. The van der Waals surface area contributed by atoms with Crippen LogP contribution >= 0.6 is 0 Å². The predicted molar refractivity (Wildman–Crippen MR) is 54.2 cm³/mol. The first-order valence-electron chi connectivity index (χ1n) is 4.33. The maximum Gasteiger partial charge on any atom is 0.000873 e. The first-order valence-corrected chi connectivity index (χ1v) is 11.4. The van der Waals surface area contributed by atoms with Crippen molar-refractivity contribution >= 4 is 18.8 Å². The van der Waals surface area contributed by atoms with Crippen LogP contribution in [0, 0.1) is 0 Å². The lowest BCUT2D eigenvalue weighted by Gasteiger charge is -1.86. The fourth-order valence-corrected chi connectivity index (χ4v) is 0.500. The molecule has 0 saturated heterocycles. The minimum Gasteiger partial charge on any atom is -0.0774 e. The van der Waals surface area contributed by atoms with Gasteiger partial charge in [-0.1, -0.05) is 46.1 Å². The fraction of sp³-hybridized carbons (Fsp3) is 1.00. The maximum atomic E-state index is 2.33. The van der Waals surface area contributed by atoms with E-state index < -0.39 is 0 Å². The Labute approximate surface area is 65.5 Å². The molecule has 2 heteroatoms. The molecule has 0 aliphatic heterocycles. The zero-order chi connectivity index (χ0) is 7.54. The van der Waals surface area contributed by atoms with Gasteiger partial charge < -0.3 is 0 Å². The Morgan fingerprint density at radius 3 is 1.44 bits per heavy atom. The van der Waals surface area contributed by atoms with Gasteiger partial charge in [0.05, 0.1) is 0 Å². The van der Waals surface area contributed by atoms with E-state index in [1.54, 1.807) is 0 Å². The summed E-state index contributed by atoms with van der Waals surface area (Å²) in [5, 5.41) is 0. The van der Waals surface area contributed by atoms with Gasteiger partial charge in [-0.05, 0) is 9.76 Å². The molecule has 0 radical (unpaired) electrons. The summed E-state index contributed by atoms with van der Waals surface area (Å²) in [6.45, 7) is 6.79. The quantitative estimate of drug-likeness (QED) is 0.430. The zero-order valence-corrected chi connectivity index (χ0v) is 10.9. The van der Waals surface area contributed by atoms with Crippen molar-refractivity contribution in [2.24, 2.45) is 0 Å². The fourth-order valence-electron chi connectivity index (χ4n) is 0.500. The van der Waals surface area contributed by atoms with Gasteiger partial charge in [0.1, 0.15) is 0 Å². The Kier molecular flexibility index (Phi) is 21.3. The van der Waals surface area contributed by atoms with Crippen molar-refractivity contribution in [3.63, 3.8) is 0 Å². The molecule has 0 nitrogen and oxygen atoms in total. The normalized spacial score (nSPS) is 9.67. The molecule has 9 heavy (non-hydrogen) atoms. The van der Waals surface area contributed by atoms with Crippen LogP contribution in [-0.2, 0) is 0 Å². The summed E-state index contributed by atoms with van der Waals surface area (Å²) < 4.78 is 0. The number of hydrogen-bond acceptors (Lipinski definition) is 0. The minimum atomic E-state index is 0.556. The lowest BCUT2D eigenvalue weighted by molar-refractivity contribution is 0.702. The second-order valence-electron chi connectivity index (χ2n) is 2.41. The molecule has 0 rings (SSSR count). The smallest absolute Gasteiger partial charge is 0.000873 e. The molecular formula is C7H22Si2. The van der Waals surface area contributed by atoms with E-state index in [1.807, 2.05) is 0 Å². The average Bonchev–Trinajstić information content (AvgIpc) is 1.86. The van der Waals surface area contributed by atoms with Crippen molar-refractivity contribution in [3.8, 4) is 0 Å². The van der Waals surface area contributed by atoms with Crippen molar-refractivity contribution in [1.82, 2.24) is 0 Å². The van der Waals surface area contributed by atoms with Gasteiger partial charge in [0.2, 0.25) is 0 Å². The molecule has 0 aromatic carbocycles. The molecule has 0 unspecified atom stereocenters. The second kappa shape index (κ2) is 15.8. The van der Waals surface area contributed by atoms with Crippen molar-refractivity contribution in [2.75, 3.05) is 0 Å². The first kappa shape index (κ1) is 12.1. The van der Waals surface area contributed by atoms with Gasteiger partial charge in [-0.3, -0.25) is 0 Å². The monoisotopic (exact) mass is 162 g/mol. The van der Waals surface area contributed by atoms with Crippen LogP contribution in [0.25, 0.3) is 0 Å². The van der Waals surface area contributed by atoms with Crippen LogP contribution in [0.1, 0.15) is 39.5 Å². The lowest BCUT2D eigenvalue weighted by Crippen LogP contribution is -1.68. The van der Waals surface area contributed by atoms with Gasteiger partial charge in [0, 0.05) is 9.04 Å².